The second kappa shape index (κ2) is 6.72. The maximum Gasteiger partial charge on any atom is 0.220 e. The second-order valence-electron chi connectivity index (χ2n) is 5.96. The van der Waals surface area contributed by atoms with Crippen LogP contribution < -0.4 is 5.73 Å². The van der Waals surface area contributed by atoms with E-state index in [0.29, 0.717) is 28.7 Å². The molecule has 0 fully saturated rings. The number of nitrogen functional groups attached to an aromatic ring is 1. The van der Waals surface area contributed by atoms with Crippen LogP contribution >= 0.6 is 0 Å². The van der Waals surface area contributed by atoms with E-state index in [1.165, 1.54) is 0 Å². The second-order valence-corrected chi connectivity index (χ2v) is 5.96. The molecule has 0 atom stereocenters. The van der Waals surface area contributed by atoms with Crippen molar-refractivity contribution in [2.75, 3.05) is 5.73 Å². The highest BCUT2D eigenvalue weighted by Crippen LogP contribution is 2.25. The minimum atomic E-state index is 0.228. The third kappa shape index (κ3) is 3.02. The number of hydrogen-bond acceptors (Lipinski definition) is 5. The highest BCUT2D eigenvalue weighted by atomic mass is 16.1. The summed E-state index contributed by atoms with van der Waals surface area (Å²) >= 11 is 0. The van der Waals surface area contributed by atoms with Gasteiger partial charge in [0, 0.05) is 17.5 Å². The summed E-state index contributed by atoms with van der Waals surface area (Å²) in [7, 11) is 0. The zero-order chi connectivity index (χ0) is 17.9. The number of pyridine rings is 1. The molecule has 0 aliphatic rings. The maximum absolute atomic E-state index is 11.3. The number of benzene rings is 2. The van der Waals surface area contributed by atoms with Gasteiger partial charge in [-0.25, -0.2) is 15.0 Å². The first-order valence-electron chi connectivity index (χ1n) is 8.26. The van der Waals surface area contributed by atoms with Crippen LogP contribution in [0.3, 0.4) is 0 Å². The molecule has 4 rings (SSSR count). The SMILES string of the molecule is Nc1nc(Cc2ccccc2)c2nc(-c3ccccc3C=O)ccc2n1. The molecule has 0 spiro atoms. The number of aldehydes is 1. The molecule has 0 amide bonds. The van der Waals surface area contributed by atoms with Gasteiger partial charge in [0.05, 0.1) is 16.9 Å². The van der Waals surface area contributed by atoms with E-state index >= 15 is 0 Å². The van der Waals surface area contributed by atoms with E-state index in [9.17, 15) is 4.79 Å². The molecule has 2 heterocycles. The quantitative estimate of drug-likeness (QED) is 0.573. The zero-order valence-corrected chi connectivity index (χ0v) is 14.0. The van der Waals surface area contributed by atoms with Gasteiger partial charge in [0.25, 0.3) is 0 Å². The van der Waals surface area contributed by atoms with Crippen LogP contribution in [0.4, 0.5) is 5.95 Å². The van der Waals surface area contributed by atoms with Crippen molar-refractivity contribution in [3.63, 3.8) is 0 Å². The Bertz CT molecular complexity index is 1090. The van der Waals surface area contributed by atoms with Crippen molar-refractivity contribution < 1.29 is 4.79 Å². The lowest BCUT2D eigenvalue weighted by molar-refractivity contribution is 0.112. The monoisotopic (exact) mass is 340 g/mol. The Morgan fingerprint density at radius 2 is 1.62 bits per heavy atom. The van der Waals surface area contributed by atoms with Gasteiger partial charge in [-0.1, -0.05) is 54.6 Å². The van der Waals surface area contributed by atoms with Crippen LogP contribution in [-0.2, 0) is 6.42 Å². The lowest BCUT2D eigenvalue weighted by atomic mass is 10.0. The normalized spacial score (nSPS) is 10.8. The number of carbonyl (C=O) groups is 1. The van der Waals surface area contributed by atoms with Gasteiger partial charge in [-0.3, -0.25) is 4.79 Å². The van der Waals surface area contributed by atoms with Gasteiger partial charge in [0.2, 0.25) is 5.95 Å². The van der Waals surface area contributed by atoms with Crippen LogP contribution in [0, 0.1) is 0 Å². The number of rotatable bonds is 4. The Balaban J connectivity index is 1.88. The van der Waals surface area contributed by atoms with E-state index in [4.69, 9.17) is 10.7 Å². The van der Waals surface area contributed by atoms with Crippen molar-refractivity contribution in [2.45, 2.75) is 6.42 Å². The summed E-state index contributed by atoms with van der Waals surface area (Å²) in [6.45, 7) is 0. The van der Waals surface area contributed by atoms with E-state index in [-0.39, 0.29) is 5.95 Å². The Labute approximate surface area is 150 Å². The van der Waals surface area contributed by atoms with Crippen molar-refractivity contribution >= 4 is 23.3 Å². The van der Waals surface area contributed by atoms with Gasteiger partial charge < -0.3 is 5.73 Å². The number of anilines is 1. The number of aromatic nitrogens is 3. The summed E-state index contributed by atoms with van der Waals surface area (Å²) < 4.78 is 0. The first kappa shape index (κ1) is 15.9. The molecule has 2 aromatic carbocycles. The fraction of sp³-hybridized carbons (Fsp3) is 0.0476. The number of hydrogen-bond donors (Lipinski definition) is 1. The molecule has 5 nitrogen and oxygen atoms in total. The third-order valence-electron chi connectivity index (χ3n) is 4.21. The Kier molecular flexibility index (Phi) is 4.11. The molecule has 4 aromatic rings. The van der Waals surface area contributed by atoms with Gasteiger partial charge in [0.1, 0.15) is 5.52 Å². The van der Waals surface area contributed by atoms with Crippen molar-refractivity contribution in [1.82, 2.24) is 15.0 Å². The molecule has 0 saturated carbocycles. The van der Waals surface area contributed by atoms with E-state index in [1.54, 1.807) is 6.07 Å². The molecule has 126 valence electrons. The Morgan fingerprint density at radius 1 is 0.846 bits per heavy atom. The van der Waals surface area contributed by atoms with Crippen LogP contribution in [0.25, 0.3) is 22.3 Å². The van der Waals surface area contributed by atoms with Gasteiger partial charge >= 0.3 is 0 Å². The highest BCUT2D eigenvalue weighted by Gasteiger charge is 2.12. The number of nitrogens with two attached hydrogens (primary N) is 1. The van der Waals surface area contributed by atoms with Crippen molar-refractivity contribution in [2.24, 2.45) is 0 Å². The standard InChI is InChI=1S/C21H16N4O/c22-21-24-18-11-10-17(16-9-5-4-8-15(16)13-26)23-20(18)19(25-21)12-14-6-2-1-3-7-14/h1-11,13H,12H2,(H2,22,24,25). The molecule has 26 heavy (non-hydrogen) atoms. The predicted octanol–water partition coefficient (Wildman–Crippen LogP) is 3.68. The first-order chi connectivity index (χ1) is 12.7. The summed E-state index contributed by atoms with van der Waals surface area (Å²) in [4.78, 5) is 24.8. The van der Waals surface area contributed by atoms with Gasteiger partial charge in [0.15, 0.2) is 6.29 Å². The summed E-state index contributed by atoms with van der Waals surface area (Å²) in [6, 6.07) is 21.1. The lowest BCUT2D eigenvalue weighted by Crippen LogP contribution is -2.03. The van der Waals surface area contributed by atoms with Crippen LogP contribution in [0.15, 0.2) is 66.7 Å². The minimum Gasteiger partial charge on any atom is -0.368 e. The summed E-state index contributed by atoms with van der Waals surface area (Å²) in [5.74, 6) is 0.228. The summed E-state index contributed by atoms with van der Waals surface area (Å²) in [5.41, 5.74) is 11.2. The van der Waals surface area contributed by atoms with E-state index in [0.717, 1.165) is 23.1 Å². The largest absolute Gasteiger partial charge is 0.368 e. The molecule has 0 unspecified atom stereocenters. The fourth-order valence-electron chi connectivity index (χ4n) is 2.99. The summed E-state index contributed by atoms with van der Waals surface area (Å²) in [6.07, 6.45) is 1.45. The van der Waals surface area contributed by atoms with Crippen LogP contribution in [0.2, 0.25) is 0 Å². The molecule has 2 N–H and O–H groups in total. The van der Waals surface area contributed by atoms with Gasteiger partial charge in [-0.05, 0) is 17.7 Å². The van der Waals surface area contributed by atoms with Crippen LogP contribution in [0.1, 0.15) is 21.6 Å². The topological polar surface area (TPSA) is 81.8 Å². The van der Waals surface area contributed by atoms with E-state index in [2.05, 4.69) is 9.97 Å². The number of fused-ring (bicyclic) bond motifs is 1. The first-order valence-corrected chi connectivity index (χ1v) is 8.26. The van der Waals surface area contributed by atoms with Crippen LogP contribution in [-0.4, -0.2) is 21.2 Å². The third-order valence-corrected chi connectivity index (χ3v) is 4.21. The minimum absolute atomic E-state index is 0.228. The van der Waals surface area contributed by atoms with Crippen molar-refractivity contribution in [3.05, 3.63) is 83.6 Å². The molecule has 5 heteroatoms. The maximum atomic E-state index is 11.3. The van der Waals surface area contributed by atoms with Crippen molar-refractivity contribution in [3.8, 4) is 11.3 Å². The molecule has 0 radical (unpaired) electrons. The zero-order valence-electron chi connectivity index (χ0n) is 14.0. The summed E-state index contributed by atoms with van der Waals surface area (Å²) in [5, 5.41) is 0. The lowest BCUT2D eigenvalue weighted by Gasteiger charge is -2.09. The highest BCUT2D eigenvalue weighted by molar-refractivity contribution is 5.88. The molecule has 0 bridgehead atoms. The molecule has 0 aliphatic heterocycles. The predicted molar refractivity (Wildman–Crippen MR) is 102 cm³/mol. The molecular weight excluding hydrogens is 324 g/mol. The molecule has 0 aliphatic carbocycles. The average molecular weight is 340 g/mol. The number of nitrogens with zero attached hydrogens (tertiary/aromatic N) is 3. The van der Waals surface area contributed by atoms with Crippen molar-refractivity contribution in [1.29, 1.82) is 0 Å². The molecule has 2 aromatic heterocycles. The van der Waals surface area contributed by atoms with Gasteiger partial charge in [-0.2, -0.15) is 0 Å². The molecular formula is C21H16N4O. The van der Waals surface area contributed by atoms with Gasteiger partial charge in [-0.15, -0.1) is 0 Å². The van der Waals surface area contributed by atoms with E-state index < -0.39 is 0 Å². The molecule has 0 saturated heterocycles. The smallest absolute Gasteiger partial charge is 0.220 e. The Hall–Kier alpha value is -3.60. The van der Waals surface area contributed by atoms with Crippen LogP contribution in [0.5, 0.6) is 0 Å². The van der Waals surface area contributed by atoms with E-state index in [1.807, 2.05) is 60.7 Å². The number of carbonyl (C=O) groups excluding carboxylic acids is 1. The average Bonchev–Trinajstić information content (AvgIpc) is 2.68. The fourth-order valence-corrected chi connectivity index (χ4v) is 2.99. The Morgan fingerprint density at radius 3 is 2.42 bits per heavy atom.